The molecule has 0 radical (unpaired) electrons. The zero-order valence-corrected chi connectivity index (χ0v) is 49.4. The maximum absolute atomic E-state index is 12.9. The number of esters is 3. The molecule has 0 fully saturated rings. The van der Waals surface area contributed by atoms with E-state index in [1.165, 1.54) is 64.2 Å². The van der Waals surface area contributed by atoms with E-state index in [1.54, 1.807) is 0 Å². The van der Waals surface area contributed by atoms with Crippen molar-refractivity contribution in [2.45, 2.75) is 258 Å². The highest BCUT2D eigenvalue weighted by molar-refractivity contribution is 5.71. The lowest BCUT2D eigenvalue weighted by atomic mass is 10.0. The minimum absolute atomic E-state index is 0.116. The van der Waals surface area contributed by atoms with Crippen molar-refractivity contribution in [1.82, 2.24) is 0 Å². The van der Waals surface area contributed by atoms with E-state index in [0.29, 0.717) is 19.3 Å². The Morgan fingerprint density at radius 2 is 0.481 bits per heavy atom. The van der Waals surface area contributed by atoms with Crippen LogP contribution in [0.15, 0.2) is 158 Å². The van der Waals surface area contributed by atoms with Gasteiger partial charge in [-0.25, -0.2) is 0 Å². The third-order valence-corrected chi connectivity index (χ3v) is 12.5. The number of rotatable bonds is 54. The molecule has 0 aliphatic heterocycles. The molecule has 0 rings (SSSR count). The van der Waals surface area contributed by atoms with Crippen LogP contribution in [0.25, 0.3) is 0 Å². The summed E-state index contributed by atoms with van der Waals surface area (Å²) in [7, 11) is 0. The summed E-state index contributed by atoms with van der Waals surface area (Å²) >= 11 is 0. The summed E-state index contributed by atoms with van der Waals surface area (Å²) in [4.78, 5) is 38.3. The van der Waals surface area contributed by atoms with Gasteiger partial charge in [0.05, 0.1) is 0 Å². The maximum Gasteiger partial charge on any atom is 0.306 e. The van der Waals surface area contributed by atoms with Gasteiger partial charge in [-0.1, -0.05) is 256 Å². The second kappa shape index (κ2) is 63.6. The van der Waals surface area contributed by atoms with Crippen LogP contribution in [-0.2, 0) is 28.6 Å². The molecule has 77 heavy (non-hydrogen) atoms. The van der Waals surface area contributed by atoms with Crippen LogP contribution in [0.1, 0.15) is 252 Å². The molecule has 6 nitrogen and oxygen atoms in total. The quantitative estimate of drug-likeness (QED) is 0.0261. The van der Waals surface area contributed by atoms with Crippen LogP contribution in [0.2, 0.25) is 0 Å². The third kappa shape index (κ3) is 61.8. The van der Waals surface area contributed by atoms with Crippen molar-refractivity contribution in [2.75, 3.05) is 13.2 Å². The Morgan fingerprint density at radius 3 is 0.766 bits per heavy atom. The van der Waals surface area contributed by atoms with Gasteiger partial charge in [0.1, 0.15) is 13.2 Å². The molecule has 0 amide bonds. The molecule has 6 heteroatoms. The first-order valence-electron chi connectivity index (χ1n) is 31.0. The minimum Gasteiger partial charge on any atom is -0.462 e. The normalized spacial score (nSPS) is 13.2. The van der Waals surface area contributed by atoms with E-state index in [0.717, 1.165) is 141 Å². The largest absolute Gasteiger partial charge is 0.462 e. The number of carbonyl (C=O) groups is 3. The van der Waals surface area contributed by atoms with Crippen LogP contribution in [0, 0.1) is 0 Å². The maximum atomic E-state index is 12.9. The Balaban J connectivity index is 4.47. The Hall–Kier alpha value is -4.97. The van der Waals surface area contributed by atoms with Gasteiger partial charge >= 0.3 is 17.9 Å². The molecule has 1 unspecified atom stereocenters. The molecule has 0 aromatic carbocycles. The van der Waals surface area contributed by atoms with Gasteiger partial charge in [0, 0.05) is 19.3 Å². The molecule has 0 aromatic heterocycles. The van der Waals surface area contributed by atoms with Crippen molar-refractivity contribution in [3.63, 3.8) is 0 Å². The molecule has 0 spiro atoms. The van der Waals surface area contributed by atoms with Crippen LogP contribution in [0.3, 0.4) is 0 Å². The number of unbranched alkanes of at least 4 members (excludes halogenated alkanes) is 17. The number of ether oxygens (including phenoxy) is 3. The SMILES string of the molecule is CC/C=C\C/C=C\C/C=C\C/C=C\C/C=C\CCCC(=O)OC(COC(=O)CCCCCC/C=C\C/C=C\C/C=C\C/C=C\CC)COC(=O)CCCCCCCCCCCCCC/C=C\C/C=C\C/C=C\C/C=C\CC. The van der Waals surface area contributed by atoms with Crippen molar-refractivity contribution < 1.29 is 28.6 Å². The predicted molar refractivity (Wildman–Crippen MR) is 334 cm³/mol. The van der Waals surface area contributed by atoms with Crippen LogP contribution >= 0.6 is 0 Å². The lowest BCUT2D eigenvalue weighted by Crippen LogP contribution is -2.30. The summed E-state index contributed by atoms with van der Waals surface area (Å²) < 4.78 is 16.8. The molecule has 0 saturated carbocycles. The fourth-order valence-corrected chi connectivity index (χ4v) is 7.99. The summed E-state index contributed by atoms with van der Waals surface area (Å²) in [6.07, 6.45) is 92.5. The molecular formula is C71H112O6. The second-order valence-corrected chi connectivity index (χ2v) is 19.8. The van der Waals surface area contributed by atoms with Gasteiger partial charge < -0.3 is 14.2 Å². The van der Waals surface area contributed by atoms with Crippen molar-refractivity contribution in [3.05, 3.63) is 158 Å². The molecule has 0 aromatic rings. The molecule has 0 aliphatic rings. The van der Waals surface area contributed by atoms with Gasteiger partial charge in [0.15, 0.2) is 6.10 Å². The van der Waals surface area contributed by atoms with Gasteiger partial charge in [-0.05, 0) is 135 Å². The van der Waals surface area contributed by atoms with Crippen molar-refractivity contribution in [2.24, 2.45) is 0 Å². The highest BCUT2D eigenvalue weighted by Crippen LogP contribution is 2.15. The second-order valence-electron chi connectivity index (χ2n) is 19.8. The Kier molecular flexibility index (Phi) is 59.5. The van der Waals surface area contributed by atoms with Crippen LogP contribution in [-0.4, -0.2) is 37.2 Å². The summed E-state index contributed by atoms with van der Waals surface area (Å²) in [6, 6.07) is 0. The molecule has 0 saturated heterocycles. The van der Waals surface area contributed by atoms with Crippen LogP contribution in [0.4, 0.5) is 0 Å². The molecule has 0 bridgehead atoms. The Morgan fingerprint density at radius 1 is 0.260 bits per heavy atom. The lowest BCUT2D eigenvalue weighted by Gasteiger charge is -2.18. The van der Waals surface area contributed by atoms with E-state index < -0.39 is 6.10 Å². The van der Waals surface area contributed by atoms with E-state index in [1.807, 2.05) is 0 Å². The summed E-state index contributed by atoms with van der Waals surface area (Å²) in [6.45, 7) is 6.23. The van der Waals surface area contributed by atoms with E-state index in [9.17, 15) is 14.4 Å². The highest BCUT2D eigenvalue weighted by Gasteiger charge is 2.19. The fraction of sp³-hybridized carbons (Fsp3) is 0.592. The number of hydrogen-bond acceptors (Lipinski definition) is 6. The molecule has 1 atom stereocenters. The van der Waals surface area contributed by atoms with Crippen molar-refractivity contribution >= 4 is 17.9 Å². The number of allylic oxidation sites excluding steroid dienone is 26. The lowest BCUT2D eigenvalue weighted by molar-refractivity contribution is -0.167. The first-order chi connectivity index (χ1) is 38.0. The highest BCUT2D eigenvalue weighted by atomic mass is 16.6. The summed E-state index contributed by atoms with van der Waals surface area (Å²) in [5.41, 5.74) is 0. The first kappa shape index (κ1) is 72.0. The van der Waals surface area contributed by atoms with E-state index in [2.05, 4.69) is 179 Å². The molecule has 0 heterocycles. The standard InChI is InChI=1S/C71H112O6/c1-4-7-10-13-16-19-22-25-28-31-32-33-34-35-36-37-38-41-43-46-49-52-55-58-61-64-70(73)76-67-68(77-71(74)65-62-59-56-53-50-47-44-40-30-27-24-21-18-15-12-9-6-3)66-75-69(72)63-60-57-54-51-48-45-42-39-29-26-23-20-17-14-11-8-5-2/h7-12,16-21,25-30,32-33,42,44-45,47,53,56,68H,4-6,13-15,22-24,31,34-41,43,46,48-52,54-55,57-67H2,1-3H3/b10-7-,11-8-,12-9-,19-16-,20-17-,21-18-,28-25-,29-26-,30-27-,33-32-,45-42-,47-44-,56-53-. The van der Waals surface area contributed by atoms with Crippen LogP contribution < -0.4 is 0 Å². The number of carbonyl (C=O) groups excluding carboxylic acids is 3. The van der Waals surface area contributed by atoms with E-state index in [4.69, 9.17) is 14.2 Å². The van der Waals surface area contributed by atoms with Crippen molar-refractivity contribution in [1.29, 1.82) is 0 Å². The zero-order chi connectivity index (χ0) is 55.7. The topological polar surface area (TPSA) is 78.9 Å². The van der Waals surface area contributed by atoms with E-state index in [-0.39, 0.29) is 37.5 Å². The Bertz CT molecular complexity index is 1740. The van der Waals surface area contributed by atoms with Gasteiger partial charge in [-0.2, -0.15) is 0 Å². The predicted octanol–water partition coefficient (Wildman–Crippen LogP) is 21.3. The van der Waals surface area contributed by atoms with Crippen LogP contribution in [0.5, 0.6) is 0 Å². The smallest absolute Gasteiger partial charge is 0.306 e. The van der Waals surface area contributed by atoms with Gasteiger partial charge in [0.2, 0.25) is 0 Å². The molecular weight excluding hydrogens is 949 g/mol. The molecule has 432 valence electrons. The zero-order valence-electron chi connectivity index (χ0n) is 49.4. The average molecular weight is 1060 g/mol. The summed E-state index contributed by atoms with van der Waals surface area (Å²) in [5.74, 6) is -1.00. The summed E-state index contributed by atoms with van der Waals surface area (Å²) in [5, 5.41) is 0. The Labute approximate surface area is 473 Å². The molecule has 0 N–H and O–H groups in total. The third-order valence-electron chi connectivity index (χ3n) is 12.5. The van der Waals surface area contributed by atoms with Gasteiger partial charge in [-0.3, -0.25) is 14.4 Å². The molecule has 0 aliphatic carbocycles. The first-order valence-corrected chi connectivity index (χ1v) is 31.0. The number of hydrogen-bond donors (Lipinski definition) is 0. The average Bonchev–Trinajstić information content (AvgIpc) is 3.43. The monoisotopic (exact) mass is 1060 g/mol. The van der Waals surface area contributed by atoms with Crippen molar-refractivity contribution in [3.8, 4) is 0 Å². The van der Waals surface area contributed by atoms with Gasteiger partial charge in [0.25, 0.3) is 0 Å². The van der Waals surface area contributed by atoms with E-state index >= 15 is 0 Å². The minimum atomic E-state index is -0.828. The van der Waals surface area contributed by atoms with Gasteiger partial charge in [-0.15, -0.1) is 0 Å². The fourth-order valence-electron chi connectivity index (χ4n) is 7.99.